The molecule has 2 aromatic carbocycles. The van der Waals surface area contributed by atoms with Crippen molar-refractivity contribution in [3.8, 4) is 0 Å². The van der Waals surface area contributed by atoms with Crippen LogP contribution in [-0.4, -0.2) is 18.5 Å². The molecule has 0 aromatic heterocycles. The van der Waals surface area contributed by atoms with Crippen LogP contribution >= 0.6 is 0 Å². The number of para-hydroxylation sites is 1. The van der Waals surface area contributed by atoms with Crippen LogP contribution in [-0.2, 0) is 21.1 Å². The van der Waals surface area contributed by atoms with Crippen LogP contribution in [0.3, 0.4) is 0 Å². The topological polar surface area (TPSA) is 88.7 Å². The number of urea groups is 1. The number of benzene rings is 2. The Morgan fingerprint density at radius 3 is 2.23 bits per heavy atom. The summed E-state index contributed by atoms with van der Waals surface area (Å²) in [5.41, 5.74) is 6.37. The molecule has 0 radical (unpaired) electrons. The fourth-order valence-corrected chi connectivity index (χ4v) is 2.08. The van der Waals surface area contributed by atoms with E-state index in [-0.39, 0.29) is 5.91 Å². The highest BCUT2D eigenvalue weighted by Crippen LogP contribution is 2.04. The molecule has 3 N–H and O–H groups in total. The normalized spacial score (nSPS) is 10.2. The van der Waals surface area contributed by atoms with Crippen LogP contribution in [0, 0.1) is 0 Å². The van der Waals surface area contributed by atoms with E-state index in [1.807, 2.05) is 48.5 Å². The lowest BCUT2D eigenvalue weighted by Crippen LogP contribution is -2.29. The van der Waals surface area contributed by atoms with Gasteiger partial charge in [0.05, 0.1) is 13.2 Å². The summed E-state index contributed by atoms with van der Waals surface area (Å²) in [5, 5.41) is 2.63. The standard InChI is InChI=1S/C19H23N3O4/c23-18(21-26-15-16-9-3-1-4-10-16)13-7-8-14-25-22-19(24)20-17-11-5-2-6-12-17/h1-6,9-12H,7-8,13-15H2,(H,21,23)(H2,20,22,24). The Morgan fingerprint density at radius 2 is 1.50 bits per heavy atom. The molecule has 26 heavy (non-hydrogen) atoms. The second-order valence-corrected chi connectivity index (χ2v) is 5.53. The first kappa shape index (κ1) is 19.4. The number of nitrogens with one attached hydrogen (secondary N) is 3. The summed E-state index contributed by atoms with van der Waals surface area (Å²) in [6, 6.07) is 18.2. The van der Waals surface area contributed by atoms with Gasteiger partial charge in [-0.3, -0.25) is 14.5 Å². The number of carbonyl (C=O) groups is 2. The number of rotatable bonds is 10. The molecule has 0 fully saturated rings. The first-order valence-corrected chi connectivity index (χ1v) is 8.42. The van der Waals surface area contributed by atoms with Crippen LogP contribution in [0.4, 0.5) is 10.5 Å². The van der Waals surface area contributed by atoms with Crippen molar-refractivity contribution in [3.63, 3.8) is 0 Å². The SMILES string of the molecule is O=C(CCCCONC(=O)Nc1ccccc1)NOCc1ccccc1. The molecule has 2 rings (SSSR count). The molecule has 0 saturated heterocycles. The molecule has 0 bridgehead atoms. The Bertz CT molecular complexity index is 665. The van der Waals surface area contributed by atoms with Gasteiger partial charge in [-0.15, -0.1) is 0 Å². The van der Waals surface area contributed by atoms with Crippen LogP contribution < -0.4 is 16.3 Å². The largest absolute Gasteiger partial charge is 0.343 e. The van der Waals surface area contributed by atoms with Crippen molar-refractivity contribution < 1.29 is 19.3 Å². The van der Waals surface area contributed by atoms with Gasteiger partial charge in [-0.1, -0.05) is 48.5 Å². The Hall–Kier alpha value is -2.90. The lowest BCUT2D eigenvalue weighted by molar-refractivity contribution is -0.134. The summed E-state index contributed by atoms with van der Waals surface area (Å²) in [5.74, 6) is -0.185. The smallest absolute Gasteiger partial charge is 0.306 e. The summed E-state index contributed by atoms with van der Waals surface area (Å²) in [4.78, 5) is 33.4. The molecule has 2 aromatic rings. The zero-order valence-corrected chi connectivity index (χ0v) is 14.4. The monoisotopic (exact) mass is 357 g/mol. The average Bonchev–Trinajstić information content (AvgIpc) is 2.66. The maximum Gasteiger partial charge on any atom is 0.343 e. The summed E-state index contributed by atoms with van der Waals surface area (Å²) in [6.45, 7) is 0.649. The van der Waals surface area contributed by atoms with Crippen molar-refractivity contribution in [2.45, 2.75) is 25.9 Å². The Labute approximate surface area is 152 Å². The number of anilines is 1. The second kappa shape index (κ2) is 11.6. The van der Waals surface area contributed by atoms with E-state index < -0.39 is 6.03 Å². The van der Waals surface area contributed by atoms with Crippen LogP contribution in [0.15, 0.2) is 60.7 Å². The van der Waals surface area contributed by atoms with Crippen LogP contribution in [0.1, 0.15) is 24.8 Å². The summed E-state index contributed by atoms with van der Waals surface area (Å²) >= 11 is 0. The third-order valence-corrected chi connectivity index (χ3v) is 3.36. The summed E-state index contributed by atoms with van der Waals surface area (Å²) in [6.07, 6.45) is 1.59. The van der Waals surface area contributed by atoms with Gasteiger partial charge in [0.2, 0.25) is 5.91 Å². The number of hydrogen-bond donors (Lipinski definition) is 3. The van der Waals surface area contributed by atoms with Gasteiger partial charge in [-0.2, -0.15) is 0 Å². The van der Waals surface area contributed by atoms with E-state index in [1.54, 1.807) is 12.1 Å². The number of hydrogen-bond acceptors (Lipinski definition) is 4. The van der Waals surface area contributed by atoms with Crippen LogP contribution in [0.25, 0.3) is 0 Å². The molecule has 138 valence electrons. The molecule has 0 saturated carbocycles. The maximum atomic E-state index is 11.6. The Kier molecular flexibility index (Phi) is 8.68. The minimum absolute atomic E-state index is 0.185. The van der Waals surface area contributed by atoms with E-state index in [0.717, 1.165) is 5.56 Å². The number of hydroxylamine groups is 2. The quantitative estimate of drug-likeness (QED) is 0.450. The van der Waals surface area contributed by atoms with Crippen LogP contribution in [0.5, 0.6) is 0 Å². The van der Waals surface area contributed by atoms with Gasteiger partial charge in [0, 0.05) is 12.1 Å². The highest BCUT2D eigenvalue weighted by molar-refractivity contribution is 5.88. The third-order valence-electron chi connectivity index (χ3n) is 3.36. The predicted octanol–water partition coefficient (Wildman–Crippen LogP) is 3.16. The minimum Gasteiger partial charge on any atom is -0.306 e. The minimum atomic E-state index is -0.441. The average molecular weight is 357 g/mol. The van der Waals surface area contributed by atoms with Crippen molar-refractivity contribution in [1.82, 2.24) is 11.0 Å². The second-order valence-electron chi connectivity index (χ2n) is 5.53. The molecule has 3 amide bonds. The van der Waals surface area contributed by atoms with Gasteiger partial charge in [-0.25, -0.2) is 15.8 Å². The number of carbonyl (C=O) groups excluding carboxylic acids is 2. The van der Waals surface area contributed by atoms with E-state index in [4.69, 9.17) is 9.68 Å². The maximum absolute atomic E-state index is 11.6. The fraction of sp³-hybridized carbons (Fsp3) is 0.263. The number of amides is 3. The summed E-state index contributed by atoms with van der Waals surface area (Å²) in [7, 11) is 0. The van der Waals surface area contributed by atoms with E-state index in [2.05, 4.69) is 16.3 Å². The fourth-order valence-electron chi connectivity index (χ4n) is 2.08. The molecule has 0 aliphatic carbocycles. The lowest BCUT2D eigenvalue weighted by Gasteiger charge is -2.08. The first-order valence-electron chi connectivity index (χ1n) is 8.42. The molecule has 0 aliphatic heterocycles. The van der Waals surface area contributed by atoms with E-state index in [0.29, 0.717) is 38.2 Å². The van der Waals surface area contributed by atoms with Gasteiger partial charge in [0.25, 0.3) is 0 Å². The van der Waals surface area contributed by atoms with Crippen molar-refractivity contribution >= 4 is 17.6 Å². The van der Waals surface area contributed by atoms with Gasteiger partial charge in [0.1, 0.15) is 0 Å². The van der Waals surface area contributed by atoms with Crippen molar-refractivity contribution in [2.24, 2.45) is 0 Å². The highest BCUT2D eigenvalue weighted by atomic mass is 16.7. The van der Waals surface area contributed by atoms with Gasteiger partial charge >= 0.3 is 6.03 Å². The lowest BCUT2D eigenvalue weighted by atomic mass is 10.2. The summed E-state index contributed by atoms with van der Waals surface area (Å²) < 4.78 is 0. The molecule has 0 atom stereocenters. The number of unbranched alkanes of at least 4 members (excludes halogenated alkanes) is 1. The Morgan fingerprint density at radius 1 is 0.808 bits per heavy atom. The molecular weight excluding hydrogens is 334 g/mol. The van der Waals surface area contributed by atoms with Crippen molar-refractivity contribution in [3.05, 3.63) is 66.2 Å². The molecule has 7 heteroatoms. The van der Waals surface area contributed by atoms with Gasteiger partial charge < -0.3 is 5.32 Å². The third kappa shape index (κ3) is 8.27. The van der Waals surface area contributed by atoms with Crippen LogP contribution in [0.2, 0.25) is 0 Å². The molecular formula is C19H23N3O4. The van der Waals surface area contributed by atoms with Crippen molar-refractivity contribution in [1.29, 1.82) is 0 Å². The van der Waals surface area contributed by atoms with Crippen molar-refractivity contribution in [2.75, 3.05) is 11.9 Å². The van der Waals surface area contributed by atoms with Gasteiger partial charge in [0.15, 0.2) is 0 Å². The van der Waals surface area contributed by atoms with E-state index in [9.17, 15) is 9.59 Å². The van der Waals surface area contributed by atoms with E-state index >= 15 is 0 Å². The zero-order valence-electron chi connectivity index (χ0n) is 14.4. The predicted molar refractivity (Wildman–Crippen MR) is 97.8 cm³/mol. The highest BCUT2D eigenvalue weighted by Gasteiger charge is 2.03. The molecule has 0 aliphatic rings. The first-order chi connectivity index (χ1) is 12.7. The molecule has 0 spiro atoms. The molecule has 0 heterocycles. The zero-order chi connectivity index (χ0) is 18.5. The Balaban J connectivity index is 1.44. The van der Waals surface area contributed by atoms with Gasteiger partial charge in [-0.05, 0) is 30.5 Å². The van der Waals surface area contributed by atoms with E-state index in [1.165, 1.54) is 0 Å². The molecule has 7 nitrogen and oxygen atoms in total. The molecule has 0 unspecified atom stereocenters.